The molecule has 1 atom stereocenters. The molecular weight excluding hydrogens is 284 g/mol. The molecule has 1 heterocycles. The molecule has 5 heteroatoms. The van der Waals surface area contributed by atoms with Crippen molar-refractivity contribution in [2.75, 3.05) is 21.9 Å². The minimum Gasteiger partial charge on any atom is -0.369 e. The summed E-state index contributed by atoms with van der Waals surface area (Å²) < 4.78 is 26.2. The highest BCUT2D eigenvalue weighted by atomic mass is 32.2. The Hall–Kier alpha value is -1.23. The fourth-order valence-corrected chi connectivity index (χ4v) is 4.12. The molecule has 0 aromatic heterocycles. The number of piperidine rings is 1. The minimum atomic E-state index is -3.20. The van der Waals surface area contributed by atoms with Crippen molar-refractivity contribution < 1.29 is 8.42 Å². The Labute approximate surface area is 128 Å². The number of hydrogen-bond donors (Lipinski definition) is 1. The summed E-state index contributed by atoms with van der Waals surface area (Å²) >= 11 is 0. The monoisotopic (exact) mass is 310 g/mol. The van der Waals surface area contributed by atoms with Gasteiger partial charge in [0.1, 0.15) is 0 Å². The number of benzene rings is 1. The minimum absolute atomic E-state index is 0.165. The summed E-state index contributed by atoms with van der Waals surface area (Å²) in [6, 6.07) is 8.39. The van der Waals surface area contributed by atoms with E-state index in [1.807, 2.05) is 31.2 Å². The summed E-state index contributed by atoms with van der Waals surface area (Å²) in [6.45, 7) is 5.19. The summed E-state index contributed by atoms with van der Waals surface area (Å²) in [5.74, 6) is 0.165. The van der Waals surface area contributed by atoms with Crippen LogP contribution in [0.4, 0.5) is 11.4 Å². The summed E-state index contributed by atoms with van der Waals surface area (Å²) in [5, 5.41) is 0. The fraction of sp³-hybridized carbons (Fsp3) is 0.625. The third-order valence-corrected chi connectivity index (χ3v) is 5.54. The Kier molecular flexibility index (Phi) is 5.51. The molecule has 1 aliphatic rings. The van der Waals surface area contributed by atoms with Crippen LogP contribution < -0.4 is 9.62 Å². The molecule has 0 radical (unpaired) electrons. The number of anilines is 2. The lowest BCUT2D eigenvalue weighted by atomic mass is 9.99. The number of nitrogens with one attached hydrogen (secondary N) is 1. The van der Waals surface area contributed by atoms with Crippen molar-refractivity contribution in [2.45, 2.75) is 52.0 Å². The van der Waals surface area contributed by atoms with Crippen LogP contribution in [0, 0.1) is 0 Å². The second-order valence-electron chi connectivity index (χ2n) is 5.72. The van der Waals surface area contributed by atoms with Crippen LogP contribution in [0.25, 0.3) is 0 Å². The van der Waals surface area contributed by atoms with Crippen LogP contribution in [-0.4, -0.2) is 26.8 Å². The van der Waals surface area contributed by atoms with Crippen LogP contribution >= 0.6 is 0 Å². The quantitative estimate of drug-likeness (QED) is 0.873. The second-order valence-corrected chi connectivity index (χ2v) is 7.56. The van der Waals surface area contributed by atoms with Gasteiger partial charge in [-0.15, -0.1) is 0 Å². The predicted molar refractivity (Wildman–Crippen MR) is 89.4 cm³/mol. The molecule has 1 aromatic rings. The lowest BCUT2D eigenvalue weighted by molar-refractivity contribution is 0.450. The van der Waals surface area contributed by atoms with Gasteiger partial charge in [-0.25, -0.2) is 8.42 Å². The number of rotatable bonds is 6. The van der Waals surface area contributed by atoms with Gasteiger partial charge in [0.15, 0.2) is 0 Å². The van der Waals surface area contributed by atoms with Crippen LogP contribution in [0.3, 0.4) is 0 Å². The van der Waals surface area contributed by atoms with Crippen molar-refractivity contribution >= 4 is 21.4 Å². The van der Waals surface area contributed by atoms with Crippen molar-refractivity contribution in [3.63, 3.8) is 0 Å². The van der Waals surface area contributed by atoms with E-state index >= 15 is 0 Å². The average molecular weight is 310 g/mol. The zero-order valence-electron chi connectivity index (χ0n) is 13.0. The van der Waals surface area contributed by atoms with Gasteiger partial charge in [0.05, 0.1) is 5.75 Å². The van der Waals surface area contributed by atoms with Crippen molar-refractivity contribution in [2.24, 2.45) is 0 Å². The molecule has 1 fully saturated rings. The standard InChI is InChI=1S/C16H26N2O2S/c1-3-13-21(19,20)17-14-8-10-16(11-9-14)18-12-6-5-7-15(18)4-2/h8-11,15,17H,3-7,12-13H2,1-2H3. The molecule has 1 saturated heterocycles. The maximum atomic E-state index is 11.8. The molecule has 1 aromatic carbocycles. The van der Waals surface area contributed by atoms with Crippen LogP contribution in [-0.2, 0) is 10.0 Å². The topological polar surface area (TPSA) is 49.4 Å². The van der Waals surface area contributed by atoms with Crippen LogP contribution in [0.2, 0.25) is 0 Å². The zero-order chi connectivity index (χ0) is 15.3. The zero-order valence-corrected chi connectivity index (χ0v) is 13.8. The highest BCUT2D eigenvalue weighted by Gasteiger charge is 2.21. The Bertz CT molecular complexity index is 540. The molecule has 2 rings (SSSR count). The van der Waals surface area contributed by atoms with Gasteiger partial charge < -0.3 is 4.90 Å². The maximum Gasteiger partial charge on any atom is 0.232 e. The van der Waals surface area contributed by atoms with E-state index in [2.05, 4.69) is 16.5 Å². The van der Waals surface area contributed by atoms with E-state index in [4.69, 9.17) is 0 Å². The maximum absolute atomic E-state index is 11.8. The molecule has 4 nitrogen and oxygen atoms in total. The van der Waals surface area contributed by atoms with Crippen LogP contribution in [0.5, 0.6) is 0 Å². The SMILES string of the molecule is CCCS(=O)(=O)Nc1ccc(N2CCCCC2CC)cc1. The van der Waals surface area contributed by atoms with E-state index < -0.39 is 10.0 Å². The highest BCUT2D eigenvalue weighted by Crippen LogP contribution is 2.27. The van der Waals surface area contributed by atoms with Gasteiger partial charge in [0.25, 0.3) is 0 Å². The smallest absolute Gasteiger partial charge is 0.232 e. The van der Waals surface area contributed by atoms with E-state index in [0.717, 1.165) is 13.0 Å². The molecule has 21 heavy (non-hydrogen) atoms. The Morgan fingerprint density at radius 2 is 1.90 bits per heavy atom. The lowest BCUT2D eigenvalue weighted by Gasteiger charge is -2.37. The molecule has 0 bridgehead atoms. The first-order valence-electron chi connectivity index (χ1n) is 7.93. The lowest BCUT2D eigenvalue weighted by Crippen LogP contribution is -2.39. The molecule has 118 valence electrons. The van der Waals surface area contributed by atoms with Crippen LogP contribution in [0.1, 0.15) is 46.0 Å². The van der Waals surface area contributed by atoms with Gasteiger partial charge in [-0.2, -0.15) is 0 Å². The first kappa shape index (κ1) is 16.1. The van der Waals surface area contributed by atoms with Gasteiger partial charge >= 0.3 is 0 Å². The number of hydrogen-bond acceptors (Lipinski definition) is 3. The van der Waals surface area contributed by atoms with Gasteiger partial charge in [-0.1, -0.05) is 13.8 Å². The summed E-state index contributed by atoms with van der Waals surface area (Å²) in [6.07, 6.45) is 5.58. The first-order valence-corrected chi connectivity index (χ1v) is 9.58. The molecule has 1 N–H and O–H groups in total. The van der Waals surface area contributed by atoms with Gasteiger partial charge in [0.2, 0.25) is 10.0 Å². The molecular formula is C16H26N2O2S. The third kappa shape index (κ3) is 4.37. The number of sulfonamides is 1. The Morgan fingerprint density at radius 3 is 2.52 bits per heavy atom. The Balaban J connectivity index is 2.08. The largest absolute Gasteiger partial charge is 0.369 e. The summed E-state index contributed by atoms with van der Waals surface area (Å²) in [4.78, 5) is 2.45. The van der Waals surface area contributed by atoms with E-state index in [1.165, 1.54) is 24.9 Å². The van der Waals surface area contributed by atoms with Crippen molar-refractivity contribution in [1.82, 2.24) is 0 Å². The second kappa shape index (κ2) is 7.16. The molecule has 0 spiro atoms. The van der Waals surface area contributed by atoms with Gasteiger partial charge in [0, 0.05) is 24.0 Å². The van der Waals surface area contributed by atoms with Crippen molar-refractivity contribution in [3.05, 3.63) is 24.3 Å². The van der Waals surface area contributed by atoms with E-state index in [0.29, 0.717) is 18.2 Å². The molecule has 1 aliphatic heterocycles. The van der Waals surface area contributed by atoms with Crippen molar-refractivity contribution in [3.8, 4) is 0 Å². The first-order chi connectivity index (χ1) is 10.1. The van der Waals surface area contributed by atoms with E-state index in [9.17, 15) is 8.42 Å². The van der Waals surface area contributed by atoms with Gasteiger partial charge in [-0.3, -0.25) is 4.72 Å². The van der Waals surface area contributed by atoms with Gasteiger partial charge in [-0.05, 0) is 56.4 Å². The molecule has 0 amide bonds. The molecule has 0 saturated carbocycles. The van der Waals surface area contributed by atoms with Crippen LogP contribution in [0.15, 0.2) is 24.3 Å². The normalized spacial score (nSPS) is 19.5. The highest BCUT2D eigenvalue weighted by molar-refractivity contribution is 7.92. The summed E-state index contributed by atoms with van der Waals surface area (Å²) in [7, 11) is -3.20. The summed E-state index contributed by atoms with van der Waals surface area (Å²) in [5.41, 5.74) is 1.84. The average Bonchev–Trinajstić information content (AvgIpc) is 2.47. The predicted octanol–water partition coefficient (Wildman–Crippen LogP) is 3.61. The molecule has 1 unspecified atom stereocenters. The number of nitrogens with zero attached hydrogens (tertiary/aromatic N) is 1. The molecule has 0 aliphatic carbocycles. The third-order valence-electron chi connectivity index (χ3n) is 4.04. The van der Waals surface area contributed by atoms with E-state index in [1.54, 1.807) is 0 Å². The van der Waals surface area contributed by atoms with E-state index in [-0.39, 0.29) is 5.75 Å². The van der Waals surface area contributed by atoms with Crippen molar-refractivity contribution in [1.29, 1.82) is 0 Å². The fourth-order valence-electron chi connectivity index (χ4n) is 2.99. The Morgan fingerprint density at radius 1 is 1.19 bits per heavy atom.